The van der Waals surface area contributed by atoms with Gasteiger partial charge in [-0.1, -0.05) is 51.7 Å². The summed E-state index contributed by atoms with van der Waals surface area (Å²) in [5.41, 5.74) is 3.25. The van der Waals surface area contributed by atoms with Crippen LogP contribution in [-0.4, -0.2) is 31.4 Å². The lowest BCUT2D eigenvalue weighted by Crippen LogP contribution is -2.41. The first-order valence-corrected chi connectivity index (χ1v) is 13.0. The van der Waals surface area contributed by atoms with E-state index in [1.807, 2.05) is 24.3 Å². The molecule has 5 nitrogen and oxygen atoms in total. The second-order valence-corrected chi connectivity index (χ2v) is 10.3. The molecule has 0 amide bonds. The zero-order valence-electron chi connectivity index (χ0n) is 22.0. The number of rotatable bonds is 12. The van der Waals surface area contributed by atoms with Crippen LogP contribution in [0.15, 0.2) is 58.8 Å². The number of hydrogen-bond acceptors (Lipinski definition) is 5. The Morgan fingerprint density at radius 2 is 1.12 bits per heavy atom. The van der Waals surface area contributed by atoms with Gasteiger partial charge in [0.05, 0.1) is 22.6 Å². The van der Waals surface area contributed by atoms with Crippen LogP contribution in [0.2, 0.25) is 0 Å². The van der Waals surface area contributed by atoms with Crippen LogP contribution in [0.4, 0.5) is 17.1 Å². The third kappa shape index (κ3) is 6.92. The predicted octanol–water partition coefficient (Wildman–Crippen LogP) is 7.59. The van der Waals surface area contributed by atoms with E-state index in [0.29, 0.717) is 0 Å². The summed E-state index contributed by atoms with van der Waals surface area (Å²) >= 11 is 0. The molecular weight excluding hydrogens is 421 g/mol. The minimum Gasteiger partial charge on any atom is -0.399 e. The zero-order chi connectivity index (χ0) is 24.6. The molecular formula is C28H42BN3O2. The molecule has 184 valence electrons. The summed E-state index contributed by atoms with van der Waals surface area (Å²) in [6, 6.07) is 16.4. The second-order valence-electron chi connectivity index (χ2n) is 10.3. The predicted molar refractivity (Wildman–Crippen MR) is 144 cm³/mol. The Kier molecular flexibility index (Phi) is 9.32. The first kappa shape index (κ1) is 26.4. The molecule has 0 N–H and O–H groups in total. The molecule has 0 bridgehead atoms. The molecule has 0 atom stereocenters. The van der Waals surface area contributed by atoms with Crippen LogP contribution in [0.5, 0.6) is 0 Å². The molecule has 0 aliphatic carbocycles. The van der Waals surface area contributed by atoms with Crippen molar-refractivity contribution < 1.29 is 9.31 Å². The number of azo groups is 1. The van der Waals surface area contributed by atoms with Gasteiger partial charge in [0.2, 0.25) is 0 Å². The topological polar surface area (TPSA) is 46.4 Å². The van der Waals surface area contributed by atoms with Gasteiger partial charge in [0, 0.05) is 18.8 Å². The van der Waals surface area contributed by atoms with Crippen molar-refractivity contribution in [2.24, 2.45) is 10.2 Å². The standard InChI is InChI=1S/C28H42BN3O2/c1-7-9-11-21-32(22-12-10-8-2)26-19-17-25(18-20-26)31-30-24-15-13-23(14-16-24)29-33-27(3,4)28(5,6)34-29/h13-20H,7-12,21-22H2,1-6H3. The summed E-state index contributed by atoms with van der Waals surface area (Å²) in [5, 5.41) is 8.87. The van der Waals surface area contributed by atoms with Crippen LogP contribution in [0.1, 0.15) is 80.1 Å². The number of nitrogens with zero attached hydrogens (tertiary/aromatic N) is 3. The van der Waals surface area contributed by atoms with Gasteiger partial charge in [0.25, 0.3) is 0 Å². The quantitative estimate of drug-likeness (QED) is 0.185. The first-order chi connectivity index (χ1) is 16.3. The monoisotopic (exact) mass is 463 g/mol. The van der Waals surface area contributed by atoms with Crippen molar-refractivity contribution >= 4 is 29.6 Å². The van der Waals surface area contributed by atoms with Crippen molar-refractivity contribution in [3.05, 3.63) is 48.5 Å². The van der Waals surface area contributed by atoms with Crippen LogP contribution in [-0.2, 0) is 9.31 Å². The van der Waals surface area contributed by atoms with Crippen molar-refractivity contribution in [3.8, 4) is 0 Å². The van der Waals surface area contributed by atoms with E-state index >= 15 is 0 Å². The molecule has 1 aliphatic rings. The van der Waals surface area contributed by atoms with E-state index in [1.54, 1.807) is 0 Å². The van der Waals surface area contributed by atoms with E-state index in [4.69, 9.17) is 9.31 Å². The Labute approximate surface area is 207 Å². The second kappa shape index (κ2) is 12.0. The van der Waals surface area contributed by atoms with Gasteiger partial charge in [0.15, 0.2) is 0 Å². The van der Waals surface area contributed by atoms with Gasteiger partial charge >= 0.3 is 7.12 Å². The summed E-state index contributed by atoms with van der Waals surface area (Å²) in [6.07, 6.45) is 7.55. The largest absolute Gasteiger partial charge is 0.494 e. The highest BCUT2D eigenvalue weighted by Gasteiger charge is 2.51. The fraction of sp³-hybridized carbons (Fsp3) is 0.571. The third-order valence-corrected chi connectivity index (χ3v) is 6.98. The number of hydrogen-bond donors (Lipinski definition) is 0. The lowest BCUT2D eigenvalue weighted by molar-refractivity contribution is 0.00578. The highest BCUT2D eigenvalue weighted by Crippen LogP contribution is 2.36. The maximum absolute atomic E-state index is 6.13. The summed E-state index contributed by atoms with van der Waals surface area (Å²) < 4.78 is 12.3. The summed E-state index contributed by atoms with van der Waals surface area (Å²) in [5.74, 6) is 0. The van der Waals surface area contributed by atoms with E-state index in [9.17, 15) is 0 Å². The minimum atomic E-state index is -0.360. The van der Waals surface area contributed by atoms with Crippen LogP contribution in [0.25, 0.3) is 0 Å². The SMILES string of the molecule is CCCCCN(CCCCC)c1ccc(N=Nc2ccc(B3OC(C)(C)C(C)(C)O3)cc2)cc1. The fourth-order valence-corrected chi connectivity index (χ4v) is 4.00. The highest BCUT2D eigenvalue weighted by atomic mass is 16.7. The van der Waals surface area contributed by atoms with Gasteiger partial charge in [0.1, 0.15) is 0 Å². The van der Waals surface area contributed by atoms with Gasteiger partial charge in [-0.15, -0.1) is 0 Å². The first-order valence-electron chi connectivity index (χ1n) is 13.0. The molecule has 1 fully saturated rings. The van der Waals surface area contributed by atoms with E-state index in [2.05, 4.69) is 80.9 Å². The number of benzene rings is 2. The average Bonchev–Trinajstić information content (AvgIpc) is 3.04. The van der Waals surface area contributed by atoms with Crippen molar-refractivity contribution in [2.45, 2.75) is 91.3 Å². The molecule has 0 radical (unpaired) electrons. The Bertz CT molecular complexity index is 884. The maximum Gasteiger partial charge on any atom is 0.494 e. The van der Waals surface area contributed by atoms with Gasteiger partial charge in [-0.3, -0.25) is 0 Å². The van der Waals surface area contributed by atoms with Crippen molar-refractivity contribution in [2.75, 3.05) is 18.0 Å². The molecule has 1 heterocycles. The lowest BCUT2D eigenvalue weighted by Gasteiger charge is -2.32. The van der Waals surface area contributed by atoms with Crippen molar-refractivity contribution in [1.29, 1.82) is 0 Å². The molecule has 6 heteroatoms. The van der Waals surface area contributed by atoms with Crippen molar-refractivity contribution in [3.63, 3.8) is 0 Å². The molecule has 0 unspecified atom stereocenters. The van der Waals surface area contributed by atoms with Crippen molar-refractivity contribution in [1.82, 2.24) is 0 Å². The molecule has 1 saturated heterocycles. The van der Waals surface area contributed by atoms with Crippen LogP contribution < -0.4 is 10.4 Å². The van der Waals surface area contributed by atoms with Gasteiger partial charge in [-0.2, -0.15) is 10.2 Å². The van der Waals surface area contributed by atoms with Gasteiger partial charge in [-0.05, 0) is 82.4 Å². The normalized spacial score (nSPS) is 16.9. The molecule has 2 aromatic carbocycles. The number of anilines is 1. The van der Waals surface area contributed by atoms with Crippen LogP contribution >= 0.6 is 0 Å². The molecule has 1 aliphatic heterocycles. The highest BCUT2D eigenvalue weighted by molar-refractivity contribution is 6.62. The molecule has 0 aromatic heterocycles. The Morgan fingerprint density at radius 1 is 0.676 bits per heavy atom. The summed E-state index contributed by atoms with van der Waals surface area (Å²) in [4.78, 5) is 2.51. The Balaban J connectivity index is 1.61. The van der Waals surface area contributed by atoms with Crippen LogP contribution in [0.3, 0.4) is 0 Å². The van der Waals surface area contributed by atoms with E-state index in [1.165, 1.54) is 44.2 Å². The molecule has 34 heavy (non-hydrogen) atoms. The fourth-order valence-electron chi connectivity index (χ4n) is 4.00. The molecule has 0 saturated carbocycles. The van der Waals surface area contributed by atoms with Gasteiger partial charge in [-0.25, -0.2) is 0 Å². The third-order valence-electron chi connectivity index (χ3n) is 6.98. The van der Waals surface area contributed by atoms with Gasteiger partial charge < -0.3 is 14.2 Å². The van der Waals surface area contributed by atoms with E-state index in [-0.39, 0.29) is 18.3 Å². The zero-order valence-corrected chi connectivity index (χ0v) is 22.0. The minimum absolute atomic E-state index is 0.343. The van der Waals surface area contributed by atoms with E-state index in [0.717, 1.165) is 29.9 Å². The maximum atomic E-state index is 6.13. The number of unbranched alkanes of at least 4 members (excludes halogenated alkanes) is 4. The summed E-state index contributed by atoms with van der Waals surface area (Å²) in [7, 11) is -0.360. The molecule has 2 aromatic rings. The van der Waals surface area contributed by atoms with Crippen LogP contribution in [0, 0.1) is 0 Å². The summed E-state index contributed by atoms with van der Waals surface area (Å²) in [6.45, 7) is 15.0. The lowest BCUT2D eigenvalue weighted by atomic mass is 9.79. The van der Waals surface area contributed by atoms with E-state index < -0.39 is 0 Å². The smallest absolute Gasteiger partial charge is 0.399 e. The Morgan fingerprint density at radius 3 is 1.56 bits per heavy atom. The molecule has 3 rings (SSSR count). The Hall–Kier alpha value is -2.18. The molecule has 0 spiro atoms. The average molecular weight is 463 g/mol.